The molecule has 1 aromatic rings. The SMILES string of the molecule is Cc1csc(CN2CC3(CCC(CNS(=O)(=O)C4CC4)CO3)C2)n1.O=C(O)C(F)(F)F. The average Bonchev–Trinajstić information content (AvgIpc) is 3.44. The molecule has 3 fully saturated rings. The highest BCUT2D eigenvalue weighted by molar-refractivity contribution is 7.90. The van der Waals surface area contributed by atoms with Gasteiger partial charge in [-0.2, -0.15) is 13.2 Å². The summed E-state index contributed by atoms with van der Waals surface area (Å²) >= 11 is 1.72. The molecule has 2 saturated heterocycles. The molecule has 1 saturated carbocycles. The molecule has 1 unspecified atom stereocenters. The van der Waals surface area contributed by atoms with Crippen molar-refractivity contribution < 1.29 is 36.2 Å². The number of sulfonamides is 1. The maximum Gasteiger partial charge on any atom is 0.490 e. The van der Waals surface area contributed by atoms with E-state index in [9.17, 15) is 21.6 Å². The van der Waals surface area contributed by atoms with Crippen molar-refractivity contribution in [1.82, 2.24) is 14.6 Å². The maximum absolute atomic E-state index is 11.9. The zero-order chi connectivity index (χ0) is 22.9. The van der Waals surface area contributed by atoms with Gasteiger partial charge in [0, 0.05) is 30.7 Å². The highest BCUT2D eigenvalue weighted by Crippen LogP contribution is 2.37. The van der Waals surface area contributed by atoms with E-state index >= 15 is 0 Å². The van der Waals surface area contributed by atoms with Gasteiger partial charge in [-0.25, -0.2) is 22.9 Å². The number of hydrogen-bond acceptors (Lipinski definition) is 7. The van der Waals surface area contributed by atoms with Crippen molar-refractivity contribution in [2.45, 2.75) is 56.2 Å². The molecule has 0 radical (unpaired) electrons. The molecule has 3 aliphatic rings. The van der Waals surface area contributed by atoms with Crippen molar-refractivity contribution in [2.75, 3.05) is 26.2 Å². The van der Waals surface area contributed by atoms with Gasteiger partial charge in [-0.3, -0.25) is 4.90 Å². The van der Waals surface area contributed by atoms with Crippen LogP contribution in [0.1, 0.15) is 36.4 Å². The van der Waals surface area contributed by atoms with Crippen LogP contribution in [0.3, 0.4) is 0 Å². The fourth-order valence-corrected chi connectivity index (χ4v) is 5.88. The van der Waals surface area contributed by atoms with Crippen LogP contribution < -0.4 is 4.72 Å². The predicted molar refractivity (Wildman–Crippen MR) is 107 cm³/mol. The van der Waals surface area contributed by atoms with Gasteiger partial charge in [0.05, 0.1) is 24.0 Å². The minimum absolute atomic E-state index is 0.00181. The summed E-state index contributed by atoms with van der Waals surface area (Å²) in [5.41, 5.74) is 1.09. The predicted octanol–water partition coefficient (Wildman–Crippen LogP) is 2.15. The minimum atomic E-state index is -5.08. The Hall–Kier alpha value is -1.28. The number of nitrogens with zero attached hydrogens (tertiary/aromatic N) is 2. The maximum atomic E-state index is 11.9. The van der Waals surface area contributed by atoms with E-state index in [4.69, 9.17) is 14.6 Å². The lowest BCUT2D eigenvalue weighted by Gasteiger charge is -2.52. The van der Waals surface area contributed by atoms with Crippen LogP contribution in [0.2, 0.25) is 0 Å². The number of aromatic nitrogens is 1. The molecular weight excluding hydrogens is 459 g/mol. The topological polar surface area (TPSA) is 109 Å². The molecule has 8 nitrogen and oxygen atoms in total. The Morgan fingerprint density at radius 3 is 2.48 bits per heavy atom. The molecule has 176 valence electrons. The molecule has 1 atom stereocenters. The molecule has 2 aliphatic heterocycles. The number of ether oxygens (including phenoxy) is 1. The van der Waals surface area contributed by atoms with Crippen LogP contribution in [0.5, 0.6) is 0 Å². The van der Waals surface area contributed by atoms with Crippen molar-refractivity contribution in [2.24, 2.45) is 5.92 Å². The largest absolute Gasteiger partial charge is 0.490 e. The average molecular weight is 486 g/mol. The van der Waals surface area contributed by atoms with Gasteiger partial charge in [-0.15, -0.1) is 11.3 Å². The van der Waals surface area contributed by atoms with Gasteiger partial charge in [0.1, 0.15) is 5.01 Å². The quantitative estimate of drug-likeness (QED) is 0.636. The standard InChI is InChI=1S/C16H25N3O3S2.C2HF3O2/c1-12-9-23-15(18-12)7-19-10-16(11-19)5-4-13(8-22-16)6-17-24(20,21)14-2-3-14;3-2(4,5)1(6)7/h9,13-14,17H,2-8,10-11H2,1H3;(H,6,7). The molecular formula is C18H26F3N3O5S2. The zero-order valence-electron chi connectivity index (χ0n) is 17.0. The molecule has 0 aromatic carbocycles. The number of aliphatic carboxylic acids is 1. The smallest absolute Gasteiger partial charge is 0.475 e. The summed E-state index contributed by atoms with van der Waals surface area (Å²) in [5.74, 6) is -2.45. The lowest BCUT2D eigenvalue weighted by molar-refractivity contribution is -0.192. The third-order valence-corrected chi connectivity index (χ3v) is 8.33. The molecule has 0 bridgehead atoms. The first kappa shape index (κ1) is 24.4. The first-order chi connectivity index (χ1) is 14.4. The number of carboxylic acids is 1. The Morgan fingerprint density at radius 1 is 1.39 bits per heavy atom. The van der Waals surface area contributed by atoms with Crippen LogP contribution in [0.15, 0.2) is 5.38 Å². The zero-order valence-corrected chi connectivity index (χ0v) is 18.7. The van der Waals surface area contributed by atoms with Gasteiger partial charge in [-0.1, -0.05) is 0 Å². The van der Waals surface area contributed by atoms with Gasteiger partial charge >= 0.3 is 12.1 Å². The normalized spacial score (nSPS) is 23.7. The molecule has 1 aromatic heterocycles. The second kappa shape index (κ2) is 9.30. The Labute approximate surface area is 182 Å². The van der Waals surface area contributed by atoms with Crippen LogP contribution in [0, 0.1) is 12.8 Å². The number of carboxylic acid groups (broad SMARTS) is 1. The van der Waals surface area contributed by atoms with E-state index in [0.717, 1.165) is 51.0 Å². The first-order valence-electron chi connectivity index (χ1n) is 9.94. The summed E-state index contributed by atoms with van der Waals surface area (Å²) in [6.45, 7) is 6.06. The van der Waals surface area contributed by atoms with E-state index in [1.807, 2.05) is 6.92 Å². The highest BCUT2D eigenvalue weighted by Gasteiger charge is 2.47. The summed E-state index contributed by atoms with van der Waals surface area (Å²) in [4.78, 5) is 15.8. The van der Waals surface area contributed by atoms with Gasteiger partial charge in [-0.05, 0) is 38.5 Å². The molecule has 2 N–H and O–H groups in total. The third kappa shape index (κ3) is 6.85. The van der Waals surface area contributed by atoms with Crippen LogP contribution in [-0.4, -0.2) is 72.6 Å². The summed E-state index contributed by atoms with van der Waals surface area (Å²) in [6.07, 6.45) is -1.39. The van der Waals surface area contributed by atoms with Crippen LogP contribution in [0.25, 0.3) is 0 Å². The summed E-state index contributed by atoms with van der Waals surface area (Å²) < 4.78 is 64.4. The van der Waals surface area contributed by atoms with Gasteiger partial charge in [0.15, 0.2) is 0 Å². The van der Waals surface area contributed by atoms with Crippen LogP contribution in [0.4, 0.5) is 13.2 Å². The Kier molecular flexibility index (Phi) is 7.31. The number of nitrogens with one attached hydrogen (secondary N) is 1. The Bertz CT molecular complexity index is 870. The van der Waals surface area contributed by atoms with E-state index < -0.39 is 22.2 Å². The molecule has 13 heteroatoms. The van der Waals surface area contributed by atoms with Crippen LogP contribution in [-0.2, 0) is 26.1 Å². The third-order valence-electron chi connectivity index (χ3n) is 5.46. The van der Waals surface area contributed by atoms with Crippen molar-refractivity contribution >= 4 is 27.3 Å². The fourth-order valence-electron chi connectivity index (χ4n) is 3.61. The molecule has 4 rings (SSSR count). The van der Waals surface area contributed by atoms with E-state index in [-0.39, 0.29) is 10.9 Å². The molecule has 3 heterocycles. The summed E-state index contributed by atoms with van der Waals surface area (Å²) in [5, 5.41) is 10.3. The van der Waals surface area contributed by atoms with Crippen molar-refractivity contribution in [3.63, 3.8) is 0 Å². The highest BCUT2D eigenvalue weighted by atomic mass is 32.2. The lowest BCUT2D eigenvalue weighted by Crippen LogP contribution is -2.64. The number of hydrogen-bond donors (Lipinski definition) is 2. The summed E-state index contributed by atoms with van der Waals surface area (Å²) in [6, 6.07) is 0. The fraction of sp³-hybridized carbons (Fsp3) is 0.778. The number of halogens is 3. The molecule has 1 spiro atoms. The lowest BCUT2D eigenvalue weighted by atomic mass is 9.83. The van der Waals surface area contributed by atoms with E-state index in [1.54, 1.807) is 11.3 Å². The minimum Gasteiger partial charge on any atom is -0.475 e. The number of likely N-dealkylation sites (tertiary alicyclic amines) is 1. The number of carbonyl (C=O) groups is 1. The van der Waals surface area contributed by atoms with Crippen molar-refractivity contribution in [3.8, 4) is 0 Å². The van der Waals surface area contributed by atoms with E-state index in [2.05, 4.69) is 20.0 Å². The Balaban J connectivity index is 0.000000339. The number of aryl methyl sites for hydroxylation is 1. The molecule has 1 aliphatic carbocycles. The number of rotatable bonds is 6. The summed E-state index contributed by atoms with van der Waals surface area (Å²) in [7, 11) is -3.07. The monoisotopic (exact) mass is 485 g/mol. The molecule has 0 amide bonds. The second-order valence-electron chi connectivity index (χ2n) is 8.32. The van der Waals surface area contributed by atoms with E-state index in [0.29, 0.717) is 19.1 Å². The Morgan fingerprint density at radius 2 is 2.03 bits per heavy atom. The van der Waals surface area contributed by atoms with Gasteiger partial charge < -0.3 is 9.84 Å². The van der Waals surface area contributed by atoms with Gasteiger partial charge in [0.2, 0.25) is 10.0 Å². The van der Waals surface area contributed by atoms with Crippen molar-refractivity contribution in [1.29, 1.82) is 0 Å². The second-order valence-corrected chi connectivity index (χ2v) is 11.3. The molecule has 31 heavy (non-hydrogen) atoms. The van der Waals surface area contributed by atoms with Crippen LogP contribution >= 0.6 is 11.3 Å². The number of alkyl halides is 3. The van der Waals surface area contributed by atoms with Crippen molar-refractivity contribution in [3.05, 3.63) is 16.1 Å². The van der Waals surface area contributed by atoms with E-state index in [1.165, 1.54) is 5.01 Å². The number of thiazole rings is 1. The first-order valence-corrected chi connectivity index (χ1v) is 12.4. The van der Waals surface area contributed by atoms with Gasteiger partial charge in [0.25, 0.3) is 0 Å².